The van der Waals surface area contributed by atoms with Crippen LogP contribution in [0.1, 0.15) is 6.92 Å². The van der Waals surface area contributed by atoms with Crippen molar-refractivity contribution in [2.24, 2.45) is 5.73 Å². The number of urea groups is 1. The third-order valence-electron chi connectivity index (χ3n) is 2.18. The Morgan fingerprint density at radius 3 is 2.79 bits per heavy atom. The zero-order chi connectivity index (χ0) is 14.3. The molecule has 19 heavy (non-hydrogen) atoms. The number of hydrogen-bond donors (Lipinski definition) is 3. The number of hydrogen-bond acceptors (Lipinski definition) is 5. The number of imide groups is 1. The predicted molar refractivity (Wildman–Crippen MR) is 69.9 cm³/mol. The molecule has 0 fully saturated rings. The second kappa shape index (κ2) is 7.22. The highest BCUT2D eigenvalue weighted by Gasteiger charge is 2.21. The van der Waals surface area contributed by atoms with Crippen LogP contribution >= 0.6 is 0 Å². The summed E-state index contributed by atoms with van der Waals surface area (Å²) in [6.07, 6.45) is -0.759. The number of aromatic hydroxyl groups is 1. The van der Waals surface area contributed by atoms with Crippen molar-refractivity contribution in [1.29, 1.82) is 0 Å². The maximum Gasteiger partial charge on any atom is 0.418 e. The molecule has 0 heterocycles. The lowest BCUT2D eigenvalue weighted by atomic mass is 10.3. The molecule has 0 aliphatic heterocycles. The maximum absolute atomic E-state index is 11.9. The molecule has 0 saturated carbocycles. The minimum Gasteiger partial charge on any atom is -0.508 e. The summed E-state index contributed by atoms with van der Waals surface area (Å²) in [5, 5.41) is 11.8. The monoisotopic (exact) mass is 267 g/mol. The normalized spacial score (nSPS) is 9.79. The highest BCUT2D eigenvalue weighted by Crippen LogP contribution is 2.15. The van der Waals surface area contributed by atoms with Crippen LogP contribution in [0.4, 0.5) is 15.3 Å². The maximum atomic E-state index is 11.9. The number of nitrogens with two attached hydrogens (primary N) is 1. The van der Waals surface area contributed by atoms with E-state index in [9.17, 15) is 14.7 Å². The van der Waals surface area contributed by atoms with Gasteiger partial charge in [-0.25, -0.2) is 14.5 Å². The molecular formula is C12H17N3O4. The van der Waals surface area contributed by atoms with Gasteiger partial charge in [-0.2, -0.15) is 0 Å². The molecule has 7 heteroatoms. The Morgan fingerprint density at radius 1 is 1.47 bits per heavy atom. The molecule has 1 aromatic rings. The molecule has 0 bridgehead atoms. The van der Waals surface area contributed by atoms with Crippen molar-refractivity contribution in [2.45, 2.75) is 6.92 Å². The number of nitrogens with zero attached hydrogens (tertiary/aromatic N) is 1. The zero-order valence-corrected chi connectivity index (χ0v) is 10.6. The van der Waals surface area contributed by atoms with Gasteiger partial charge in [0.15, 0.2) is 0 Å². The van der Waals surface area contributed by atoms with E-state index >= 15 is 0 Å². The number of nitrogens with one attached hydrogen (secondary N) is 1. The average molecular weight is 267 g/mol. The molecular weight excluding hydrogens is 250 g/mol. The molecule has 0 radical (unpaired) electrons. The van der Waals surface area contributed by atoms with Crippen LogP contribution in [-0.4, -0.2) is 41.8 Å². The van der Waals surface area contributed by atoms with Gasteiger partial charge in [-0.3, -0.25) is 0 Å². The quantitative estimate of drug-likeness (QED) is 0.763. The molecule has 4 N–H and O–H groups in total. The summed E-state index contributed by atoms with van der Waals surface area (Å²) in [5.41, 5.74) is 5.72. The van der Waals surface area contributed by atoms with Gasteiger partial charge in [0.1, 0.15) is 5.75 Å². The molecule has 0 atom stereocenters. The van der Waals surface area contributed by atoms with Gasteiger partial charge in [0, 0.05) is 24.8 Å². The topological polar surface area (TPSA) is 105 Å². The van der Waals surface area contributed by atoms with Crippen LogP contribution in [0.5, 0.6) is 5.75 Å². The molecule has 1 aromatic carbocycles. The molecule has 0 unspecified atom stereocenters. The SMILES string of the molecule is CCOC(=O)N(CCN)C(=O)Nc1cccc(O)c1. The van der Waals surface area contributed by atoms with Crippen molar-refractivity contribution >= 4 is 17.8 Å². The lowest BCUT2D eigenvalue weighted by Gasteiger charge is -2.19. The van der Waals surface area contributed by atoms with E-state index in [-0.39, 0.29) is 25.4 Å². The number of phenols is 1. The molecule has 0 aromatic heterocycles. The summed E-state index contributed by atoms with van der Waals surface area (Å²) in [7, 11) is 0. The molecule has 0 aliphatic carbocycles. The van der Waals surface area contributed by atoms with Crippen molar-refractivity contribution in [3.05, 3.63) is 24.3 Å². The van der Waals surface area contributed by atoms with Gasteiger partial charge in [-0.05, 0) is 19.1 Å². The molecule has 7 nitrogen and oxygen atoms in total. The van der Waals surface area contributed by atoms with Crippen LogP contribution < -0.4 is 11.1 Å². The number of carbonyl (C=O) groups excluding carboxylic acids is 2. The Bertz CT molecular complexity index is 450. The van der Waals surface area contributed by atoms with Crippen molar-refractivity contribution < 1.29 is 19.4 Å². The summed E-state index contributed by atoms with van der Waals surface area (Å²) >= 11 is 0. The van der Waals surface area contributed by atoms with Crippen LogP contribution in [0.2, 0.25) is 0 Å². The summed E-state index contributed by atoms with van der Waals surface area (Å²) in [6.45, 7) is 1.99. The van der Waals surface area contributed by atoms with Crippen LogP contribution in [-0.2, 0) is 4.74 Å². The molecule has 0 spiro atoms. The van der Waals surface area contributed by atoms with Gasteiger partial charge in [0.2, 0.25) is 0 Å². The Labute approximate surface area is 111 Å². The summed E-state index contributed by atoms with van der Waals surface area (Å²) in [4.78, 5) is 24.3. The molecule has 3 amide bonds. The average Bonchev–Trinajstić information content (AvgIpc) is 2.36. The molecule has 0 saturated heterocycles. The standard InChI is InChI=1S/C12H17N3O4/c1-2-19-12(18)15(7-6-13)11(17)14-9-4-3-5-10(16)8-9/h3-5,8,16H,2,6-7,13H2,1H3,(H,14,17). The summed E-state index contributed by atoms with van der Waals surface area (Å²) < 4.78 is 4.76. The minimum absolute atomic E-state index is 0.0132. The number of carbonyl (C=O) groups is 2. The third kappa shape index (κ3) is 4.47. The number of ether oxygens (including phenoxy) is 1. The Kier molecular flexibility index (Phi) is 5.62. The fourth-order valence-electron chi connectivity index (χ4n) is 1.38. The minimum atomic E-state index is -0.759. The summed E-state index contributed by atoms with van der Waals surface area (Å²) in [5.74, 6) is 0.0132. The van der Waals surface area contributed by atoms with Gasteiger partial charge in [-0.1, -0.05) is 6.07 Å². The van der Waals surface area contributed by atoms with Crippen molar-refractivity contribution in [2.75, 3.05) is 25.0 Å². The largest absolute Gasteiger partial charge is 0.508 e. The van der Waals surface area contributed by atoms with Gasteiger partial charge < -0.3 is 20.9 Å². The van der Waals surface area contributed by atoms with E-state index in [1.807, 2.05) is 0 Å². The number of anilines is 1. The van der Waals surface area contributed by atoms with Crippen molar-refractivity contribution in [3.63, 3.8) is 0 Å². The number of phenolic OH excluding ortho intramolecular Hbond substituents is 1. The Morgan fingerprint density at radius 2 is 2.21 bits per heavy atom. The highest BCUT2D eigenvalue weighted by atomic mass is 16.6. The first-order valence-electron chi connectivity index (χ1n) is 5.82. The van der Waals surface area contributed by atoms with E-state index < -0.39 is 12.1 Å². The van der Waals surface area contributed by atoms with Gasteiger partial charge >= 0.3 is 12.1 Å². The zero-order valence-electron chi connectivity index (χ0n) is 10.6. The predicted octanol–water partition coefficient (Wildman–Crippen LogP) is 1.34. The van der Waals surface area contributed by atoms with E-state index in [1.165, 1.54) is 12.1 Å². The second-order valence-electron chi connectivity index (χ2n) is 3.62. The number of amides is 3. The van der Waals surface area contributed by atoms with E-state index in [0.717, 1.165) is 4.90 Å². The number of rotatable bonds is 4. The fraction of sp³-hybridized carbons (Fsp3) is 0.333. The Balaban J connectivity index is 2.74. The second-order valence-corrected chi connectivity index (χ2v) is 3.62. The first-order valence-corrected chi connectivity index (χ1v) is 5.82. The highest BCUT2D eigenvalue weighted by molar-refractivity contribution is 5.99. The van der Waals surface area contributed by atoms with Crippen molar-refractivity contribution in [1.82, 2.24) is 4.90 Å². The first kappa shape index (κ1) is 14.8. The van der Waals surface area contributed by atoms with Crippen LogP contribution in [0.15, 0.2) is 24.3 Å². The van der Waals surface area contributed by atoms with E-state index in [1.54, 1.807) is 19.1 Å². The number of benzene rings is 1. The van der Waals surface area contributed by atoms with E-state index in [2.05, 4.69) is 5.32 Å². The van der Waals surface area contributed by atoms with Gasteiger partial charge in [-0.15, -0.1) is 0 Å². The van der Waals surface area contributed by atoms with E-state index in [4.69, 9.17) is 10.5 Å². The summed E-state index contributed by atoms with van der Waals surface area (Å²) in [6, 6.07) is 5.34. The molecule has 104 valence electrons. The van der Waals surface area contributed by atoms with Crippen LogP contribution in [0.3, 0.4) is 0 Å². The van der Waals surface area contributed by atoms with Crippen molar-refractivity contribution in [3.8, 4) is 5.75 Å². The fourth-order valence-corrected chi connectivity index (χ4v) is 1.38. The first-order chi connectivity index (χ1) is 9.08. The van der Waals surface area contributed by atoms with Crippen LogP contribution in [0, 0.1) is 0 Å². The molecule has 0 aliphatic rings. The Hall–Kier alpha value is -2.28. The lowest BCUT2D eigenvalue weighted by molar-refractivity contribution is 0.118. The van der Waals surface area contributed by atoms with Crippen LogP contribution in [0.25, 0.3) is 0 Å². The van der Waals surface area contributed by atoms with E-state index in [0.29, 0.717) is 5.69 Å². The van der Waals surface area contributed by atoms with Gasteiger partial charge in [0.05, 0.1) is 6.61 Å². The smallest absolute Gasteiger partial charge is 0.418 e. The third-order valence-corrected chi connectivity index (χ3v) is 2.18. The molecule has 1 rings (SSSR count). The lowest BCUT2D eigenvalue weighted by Crippen LogP contribution is -2.43. The van der Waals surface area contributed by atoms with Gasteiger partial charge in [0.25, 0.3) is 0 Å².